The van der Waals surface area contributed by atoms with Gasteiger partial charge >= 0.3 is 5.97 Å². The molecule has 1 heterocycles. The van der Waals surface area contributed by atoms with E-state index in [2.05, 4.69) is 32.7 Å². The second kappa shape index (κ2) is 11.2. The number of H-pyrrole nitrogens is 1. The van der Waals surface area contributed by atoms with Gasteiger partial charge in [-0.1, -0.05) is 34.1 Å². The van der Waals surface area contributed by atoms with E-state index < -0.39 is 0 Å². The first-order chi connectivity index (χ1) is 11.8. The van der Waals surface area contributed by atoms with E-state index in [4.69, 9.17) is 17.0 Å². The van der Waals surface area contributed by atoms with Crippen LogP contribution in [0.4, 0.5) is 0 Å². The molecular weight excluding hydrogens is 336 g/mol. The zero-order chi connectivity index (χ0) is 18.8. The predicted molar refractivity (Wildman–Crippen MR) is 103 cm³/mol. The summed E-state index contributed by atoms with van der Waals surface area (Å²) in [6.45, 7) is 9.72. The van der Waals surface area contributed by atoms with Gasteiger partial charge in [0.2, 0.25) is 0 Å². The van der Waals surface area contributed by atoms with Crippen molar-refractivity contribution in [3.05, 3.63) is 27.4 Å². The lowest BCUT2D eigenvalue weighted by Gasteiger charge is -2.21. The fourth-order valence-corrected chi connectivity index (χ4v) is 3.04. The first-order valence-corrected chi connectivity index (χ1v) is 9.68. The van der Waals surface area contributed by atoms with E-state index in [-0.39, 0.29) is 17.4 Å². The average molecular weight is 369 g/mol. The third kappa shape index (κ3) is 8.47. The zero-order valence-electron chi connectivity index (χ0n) is 15.9. The van der Waals surface area contributed by atoms with Crippen LogP contribution in [0, 0.1) is 22.5 Å². The fraction of sp³-hybridized carbons (Fsp3) is 0.737. The number of aromatic amines is 1. The van der Waals surface area contributed by atoms with Crippen molar-refractivity contribution in [2.75, 3.05) is 6.61 Å². The Morgan fingerprint density at radius 1 is 1.20 bits per heavy atom. The molecule has 0 saturated heterocycles. The Labute approximate surface area is 155 Å². The molecule has 6 heteroatoms. The Bertz CT molecular complexity index is 634. The molecule has 1 N–H and O–H groups in total. The van der Waals surface area contributed by atoms with Gasteiger partial charge in [-0.2, -0.15) is 0 Å². The van der Waals surface area contributed by atoms with Crippen molar-refractivity contribution in [1.29, 1.82) is 0 Å². The van der Waals surface area contributed by atoms with Crippen LogP contribution in [0.25, 0.3) is 0 Å². The number of rotatable bonds is 11. The number of hydrogen-bond donors (Lipinski definition) is 1. The van der Waals surface area contributed by atoms with Crippen LogP contribution in [0.2, 0.25) is 0 Å². The average Bonchev–Trinajstić information content (AvgIpc) is 2.52. The molecule has 0 aliphatic rings. The molecule has 5 nitrogen and oxygen atoms in total. The van der Waals surface area contributed by atoms with Gasteiger partial charge < -0.3 is 9.30 Å². The van der Waals surface area contributed by atoms with Crippen molar-refractivity contribution >= 4 is 18.2 Å². The molecule has 1 aromatic rings. The molecule has 1 atom stereocenters. The lowest BCUT2D eigenvalue weighted by atomic mass is 9.88. The molecule has 0 aromatic carbocycles. The van der Waals surface area contributed by atoms with Gasteiger partial charge in [-0.25, -0.2) is 0 Å². The number of ether oxygens (including phenoxy) is 1. The minimum absolute atomic E-state index is 0.00196. The Morgan fingerprint density at radius 2 is 1.88 bits per heavy atom. The van der Waals surface area contributed by atoms with Gasteiger partial charge in [-0.3, -0.25) is 14.6 Å². The highest BCUT2D eigenvalue weighted by atomic mass is 32.1. The van der Waals surface area contributed by atoms with Gasteiger partial charge in [0.15, 0.2) is 4.77 Å². The SMILES string of the molecule is CC(C)CC(C(=O)OCCCCCCn1ccc(=O)[nH]c1=S)C(C)C. The summed E-state index contributed by atoms with van der Waals surface area (Å²) in [4.78, 5) is 25.9. The molecule has 0 amide bonds. The van der Waals surface area contributed by atoms with Crippen LogP contribution in [-0.2, 0) is 16.1 Å². The number of carbonyl (C=O) groups is 1. The number of nitrogens with one attached hydrogen (secondary N) is 1. The van der Waals surface area contributed by atoms with Gasteiger partial charge in [0.05, 0.1) is 12.5 Å². The van der Waals surface area contributed by atoms with Crippen LogP contribution in [0.15, 0.2) is 17.1 Å². The van der Waals surface area contributed by atoms with Gasteiger partial charge in [0, 0.05) is 18.8 Å². The van der Waals surface area contributed by atoms with Crippen molar-refractivity contribution in [2.45, 2.75) is 66.3 Å². The minimum atomic E-state index is -0.166. The largest absolute Gasteiger partial charge is 0.465 e. The van der Waals surface area contributed by atoms with Crippen LogP contribution in [0.3, 0.4) is 0 Å². The van der Waals surface area contributed by atoms with Crippen molar-refractivity contribution in [3.63, 3.8) is 0 Å². The summed E-state index contributed by atoms with van der Waals surface area (Å²) < 4.78 is 7.80. The molecule has 1 aromatic heterocycles. The van der Waals surface area contributed by atoms with Crippen LogP contribution in [-0.4, -0.2) is 22.1 Å². The summed E-state index contributed by atoms with van der Waals surface area (Å²) >= 11 is 5.11. The first-order valence-electron chi connectivity index (χ1n) is 9.27. The number of aromatic nitrogens is 2. The molecule has 1 unspecified atom stereocenters. The molecule has 0 aliphatic carbocycles. The van der Waals surface area contributed by atoms with Gasteiger partial charge in [-0.15, -0.1) is 0 Å². The molecule has 0 fully saturated rings. The number of unbranched alkanes of at least 4 members (excludes halogenated alkanes) is 3. The summed E-state index contributed by atoms with van der Waals surface area (Å²) in [6.07, 6.45) is 6.53. The molecule has 1 rings (SSSR count). The first kappa shape index (κ1) is 21.6. The molecule has 0 spiro atoms. The van der Waals surface area contributed by atoms with Crippen LogP contribution in [0.5, 0.6) is 0 Å². The quantitative estimate of drug-likeness (QED) is 0.359. The molecule has 25 heavy (non-hydrogen) atoms. The topological polar surface area (TPSA) is 64.1 Å². The number of hydrogen-bond acceptors (Lipinski definition) is 4. The summed E-state index contributed by atoms with van der Waals surface area (Å²) in [5.41, 5.74) is -0.166. The monoisotopic (exact) mass is 368 g/mol. The van der Waals surface area contributed by atoms with E-state index in [0.29, 0.717) is 23.2 Å². The van der Waals surface area contributed by atoms with E-state index >= 15 is 0 Å². The van der Waals surface area contributed by atoms with E-state index in [9.17, 15) is 9.59 Å². The van der Waals surface area contributed by atoms with E-state index in [1.165, 1.54) is 6.07 Å². The molecule has 0 aliphatic heterocycles. The highest BCUT2D eigenvalue weighted by Crippen LogP contribution is 2.21. The van der Waals surface area contributed by atoms with Crippen LogP contribution in [0.1, 0.15) is 59.8 Å². The minimum Gasteiger partial charge on any atom is -0.465 e. The summed E-state index contributed by atoms with van der Waals surface area (Å²) in [7, 11) is 0. The Balaban J connectivity index is 2.20. The number of carbonyl (C=O) groups excluding carboxylic acids is 1. The third-order valence-electron chi connectivity index (χ3n) is 4.27. The fourth-order valence-electron chi connectivity index (χ4n) is 2.79. The van der Waals surface area contributed by atoms with E-state index in [1.807, 2.05) is 4.57 Å². The predicted octanol–water partition coefficient (Wildman–Crippen LogP) is 4.33. The maximum Gasteiger partial charge on any atom is 0.309 e. The second-order valence-corrected chi connectivity index (χ2v) is 7.75. The number of esters is 1. The summed E-state index contributed by atoms with van der Waals surface area (Å²) in [5.74, 6) is 0.766. The lowest BCUT2D eigenvalue weighted by molar-refractivity contribution is -0.151. The highest BCUT2D eigenvalue weighted by Gasteiger charge is 2.24. The van der Waals surface area contributed by atoms with E-state index in [0.717, 1.165) is 38.6 Å². The highest BCUT2D eigenvalue weighted by molar-refractivity contribution is 7.71. The molecular formula is C19H32N2O3S. The number of nitrogens with zero attached hydrogens (tertiary/aromatic N) is 1. The molecule has 142 valence electrons. The van der Waals surface area contributed by atoms with Gasteiger partial charge in [-0.05, 0) is 49.7 Å². The van der Waals surface area contributed by atoms with E-state index in [1.54, 1.807) is 6.20 Å². The normalized spacial score (nSPS) is 12.6. The zero-order valence-corrected chi connectivity index (χ0v) is 16.7. The van der Waals surface area contributed by atoms with Crippen LogP contribution < -0.4 is 5.56 Å². The van der Waals surface area contributed by atoms with Crippen molar-refractivity contribution in [3.8, 4) is 0 Å². The van der Waals surface area contributed by atoms with Crippen LogP contribution >= 0.6 is 12.2 Å². The van der Waals surface area contributed by atoms with Gasteiger partial charge in [0.1, 0.15) is 0 Å². The van der Waals surface area contributed by atoms with Crippen molar-refractivity contribution in [1.82, 2.24) is 9.55 Å². The third-order valence-corrected chi connectivity index (χ3v) is 4.60. The smallest absolute Gasteiger partial charge is 0.309 e. The van der Waals surface area contributed by atoms with Crippen molar-refractivity contribution < 1.29 is 9.53 Å². The maximum absolute atomic E-state index is 12.2. The lowest BCUT2D eigenvalue weighted by Crippen LogP contribution is -2.24. The Hall–Kier alpha value is -1.43. The Morgan fingerprint density at radius 3 is 2.48 bits per heavy atom. The summed E-state index contributed by atoms with van der Waals surface area (Å²) in [5, 5.41) is 0. The Kier molecular flexibility index (Phi) is 9.71. The molecule has 0 bridgehead atoms. The standard InChI is InChI=1S/C19H32N2O3S/c1-14(2)13-16(15(3)4)18(23)24-12-8-6-5-7-10-21-11-9-17(22)20-19(21)25/h9,11,14-16H,5-8,10,12-13H2,1-4H3,(H,20,22,25). The molecule has 0 saturated carbocycles. The van der Waals surface area contributed by atoms with Gasteiger partial charge in [0.25, 0.3) is 5.56 Å². The molecule has 0 radical (unpaired) electrons. The second-order valence-electron chi connectivity index (χ2n) is 7.37. The maximum atomic E-state index is 12.2. The van der Waals surface area contributed by atoms with Crippen molar-refractivity contribution in [2.24, 2.45) is 17.8 Å². The number of aryl methyl sites for hydroxylation is 1. The summed E-state index contributed by atoms with van der Waals surface area (Å²) in [6, 6.07) is 1.48.